The minimum absolute atomic E-state index is 0.196. The molecule has 0 radical (unpaired) electrons. The Morgan fingerprint density at radius 3 is 2.64 bits per heavy atom. The highest BCUT2D eigenvalue weighted by Gasteiger charge is 2.31. The van der Waals surface area contributed by atoms with Crippen molar-refractivity contribution in [2.24, 2.45) is 5.92 Å². The van der Waals surface area contributed by atoms with Gasteiger partial charge in [-0.05, 0) is 37.3 Å². The number of fused-ring (bicyclic) bond motifs is 1. The summed E-state index contributed by atoms with van der Waals surface area (Å²) in [5.74, 6) is 0.0702. The van der Waals surface area contributed by atoms with Gasteiger partial charge in [-0.2, -0.15) is 10.5 Å². The zero-order chi connectivity index (χ0) is 20.1. The summed E-state index contributed by atoms with van der Waals surface area (Å²) < 4.78 is 5.67. The molecule has 142 valence electrons. The number of ether oxygens (including phenoxy) is 1. The summed E-state index contributed by atoms with van der Waals surface area (Å²) >= 11 is 0. The van der Waals surface area contributed by atoms with E-state index in [4.69, 9.17) is 10.00 Å². The number of carbonyl (C=O) groups excluding carboxylic acids is 1. The van der Waals surface area contributed by atoms with Crippen molar-refractivity contribution in [2.45, 2.75) is 19.9 Å². The number of hydrogen-bond donors (Lipinski definition) is 3. The minimum atomic E-state index is -0.314. The molecule has 7 nitrogen and oxygen atoms in total. The summed E-state index contributed by atoms with van der Waals surface area (Å²) in [6.45, 7) is 4.28. The van der Waals surface area contributed by atoms with E-state index in [1.165, 1.54) is 6.92 Å². The molecule has 2 aromatic rings. The van der Waals surface area contributed by atoms with E-state index < -0.39 is 0 Å². The number of hydrogen-bond acceptors (Lipinski definition) is 6. The maximum absolute atomic E-state index is 11.6. The normalized spacial score (nSPS) is 17.3. The van der Waals surface area contributed by atoms with Crippen molar-refractivity contribution >= 4 is 23.0 Å². The SMILES string of the molecule is CCOc1cc2c(cc1NC(C)=O)C(Nc1ccc(C#N)cc1)C(C#N)CN2. The lowest BCUT2D eigenvalue weighted by Gasteiger charge is -2.33. The summed E-state index contributed by atoms with van der Waals surface area (Å²) in [7, 11) is 0. The van der Waals surface area contributed by atoms with Crippen LogP contribution in [0.1, 0.15) is 31.0 Å². The van der Waals surface area contributed by atoms with Crippen molar-refractivity contribution < 1.29 is 9.53 Å². The smallest absolute Gasteiger partial charge is 0.221 e. The van der Waals surface area contributed by atoms with Gasteiger partial charge in [-0.15, -0.1) is 0 Å². The summed E-state index contributed by atoms with van der Waals surface area (Å²) in [4.78, 5) is 11.6. The molecule has 1 heterocycles. The Balaban J connectivity index is 2.01. The van der Waals surface area contributed by atoms with Gasteiger partial charge in [-0.1, -0.05) is 0 Å². The van der Waals surface area contributed by atoms with Crippen molar-refractivity contribution in [1.29, 1.82) is 10.5 Å². The van der Waals surface area contributed by atoms with Crippen molar-refractivity contribution in [3.8, 4) is 17.9 Å². The number of rotatable bonds is 5. The van der Waals surface area contributed by atoms with Crippen LogP contribution in [0.15, 0.2) is 36.4 Å². The third-order valence-corrected chi connectivity index (χ3v) is 4.51. The monoisotopic (exact) mass is 375 g/mol. The molecule has 1 amide bonds. The van der Waals surface area contributed by atoms with Crippen molar-refractivity contribution in [2.75, 3.05) is 29.1 Å². The summed E-state index contributed by atoms with van der Waals surface area (Å²) in [5.41, 5.74) is 3.68. The molecule has 3 N–H and O–H groups in total. The standard InChI is InChI=1S/C21H21N5O2/c1-3-28-20-9-18-17(8-19(20)25-13(2)27)21(15(11-23)12-24-18)26-16-6-4-14(10-22)5-7-16/h4-9,15,21,24,26H,3,12H2,1-2H3,(H,25,27). The lowest BCUT2D eigenvalue weighted by Crippen LogP contribution is -2.31. The summed E-state index contributed by atoms with van der Waals surface area (Å²) in [5, 5.41) is 28.1. The van der Waals surface area contributed by atoms with Crippen LogP contribution in [0.2, 0.25) is 0 Å². The zero-order valence-electron chi connectivity index (χ0n) is 15.7. The second-order valence-electron chi connectivity index (χ2n) is 6.48. The largest absolute Gasteiger partial charge is 0.492 e. The van der Waals surface area contributed by atoms with E-state index in [1.54, 1.807) is 12.1 Å². The molecular formula is C21H21N5O2. The zero-order valence-corrected chi connectivity index (χ0v) is 15.7. The summed E-state index contributed by atoms with van der Waals surface area (Å²) in [6.07, 6.45) is 0. The number of nitriles is 2. The topological polar surface area (TPSA) is 110 Å². The van der Waals surface area contributed by atoms with Crippen LogP contribution < -0.4 is 20.7 Å². The third-order valence-electron chi connectivity index (χ3n) is 4.51. The maximum Gasteiger partial charge on any atom is 0.221 e. The van der Waals surface area contributed by atoms with Gasteiger partial charge in [0.1, 0.15) is 5.75 Å². The first kappa shape index (κ1) is 19.1. The van der Waals surface area contributed by atoms with Crippen LogP contribution in [0.4, 0.5) is 17.1 Å². The molecule has 1 aliphatic heterocycles. The van der Waals surface area contributed by atoms with E-state index >= 15 is 0 Å². The summed E-state index contributed by atoms with van der Waals surface area (Å²) in [6, 6.07) is 14.9. The predicted octanol–water partition coefficient (Wildman–Crippen LogP) is 3.63. The fourth-order valence-electron chi connectivity index (χ4n) is 3.24. The van der Waals surface area contributed by atoms with E-state index in [2.05, 4.69) is 28.1 Å². The number of nitrogens with zero attached hydrogens (tertiary/aromatic N) is 2. The molecule has 7 heteroatoms. The van der Waals surface area contributed by atoms with E-state index in [0.717, 1.165) is 16.9 Å². The molecule has 0 aliphatic carbocycles. The van der Waals surface area contributed by atoms with Crippen LogP contribution in [0.3, 0.4) is 0 Å². The number of nitrogens with one attached hydrogen (secondary N) is 3. The fourth-order valence-corrected chi connectivity index (χ4v) is 3.24. The van der Waals surface area contributed by atoms with E-state index in [9.17, 15) is 10.1 Å². The Bertz CT molecular complexity index is 956. The molecule has 0 fully saturated rings. The quantitative estimate of drug-likeness (QED) is 0.736. The average Bonchev–Trinajstić information content (AvgIpc) is 2.69. The van der Waals surface area contributed by atoms with Crippen LogP contribution in [0.5, 0.6) is 5.75 Å². The lowest BCUT2D eigenvalue weighted by atomic mass is 9.88. The molecule has 0 spiro atoms. The van der Waals surface area contributed by atoms with Gasteiger partial charge < -0.3 is 20.7 Å². The second-order valence-corrected chi connectivity index (χ2v) is 6.48. The van der Waals surface area contributed by atoms with Crippen molar-refractivity contribution in [3.05, 3.63) is 47.5 Å². The van der Waals surface area contributed by atoms with E-state index in [1.807, 2.05) is 31.2 Å². The Labute approximate surface area is 163 Å². The molecule has 2 atom stereocenters. The molecule has 28 heavy (non-hydrogen) atoms. The van der Waals surface area contributed by atoms with Crippen LogP contribution in [0, 0.1) is 28.6 Å². The molecular weight excluding hydrogens is 354 g/mol. The molecule has 0 saturated heterocycles. The van der Waals surface area contributed by atoms with Gasteiger partial charge in [0, 0.05) is 36.5 Å². The van der Waals surface area contributed by atoms with Crippen molar-refractivity contribution in [1.82, 2.24) is 0 Å². The Morgan fingerprint density at radius 1 is 1.29 bits per heavy atom. The number of benzene rings is 2. The van der Waals surface area contributed by atoms with Gasteiger partial charge in [0.2, 0.25) is 5.91 Å². The van der Waals surface area contributed by atoms with Gasteiger partial charge in [0.15, 0.2) is 0 Å². The number of carbonyl (C=O) groups is 1. The molecule has 0 aromatic heterocycles. The molecule has 0 saturated carbocycles. The lowest BCUT2D eigenvalue weighted by molar-refractivity contribution is -0.114. The van der Waals surface area contributed by atoms with Gasteiger partial charge in [-0.25, -0.2) is 0 Å². The minimum Gasteiger partial charge on any atom is -0.492 e. The first-order chi connectivity index (χ1) is 13.5. The first-order valence-electron chi connectivity index (χ1n) is 9.04. The van der Waals surface area contributed by atoms with Crippen LogP contribution in [-0.4, -0.2) is 19.1 Å². The average molecular weight is 375 g/mol. The highest BCUT2D eigenvalue weighted by Crippen LogP contribution is 2.41. The second kappa shape index (κ2) is 8.32. The van der Waals surface area contributed by atoms with Crippen LogP contribution >= 0.6 is 0 Å². The highest BCUT2D eigenvalue weighted by atomic mass is 16.5. The van der Waals surface area contributed by atoms with Gasteiger partial charge in [0.05, 0.1) is 42.0 Å². The predicted molar refractivity (Wildman–Crippen MR) is 107 cm³/mol. The Kier molecular flexibility index (Phi) is 5.67. The third kappa shape index (κ3) is 3.99. The number of anilines is 3. The van der Waals surface area contributed by atoms with Crippen molar-refractivity contribution in [3.63, 3.8) is 0 Å². The maximum atomic E-state index is 11.6. The Morgan fingerprint density at radius 2 is 2.04 bits per heavy atom. The van der Waals surface area contributed by atoms with Gasteiger partial charge in [0.25, 0.3) is 0 Å². The van der Waals surface area contributed by atoms with E-state index in [0.29, 0.717) is 30.2 Å². The molecule has 1 aliphatic rings. The first-order valence-corrected chi connectivity index (χ1v) is 9.04. The molecule has 3 rings (SSSR count). The molecule has 2 aromatic carbocycles. The highest BCUT2D eigenvalue weighted by molar-refractivity contribution is 5.91. The fraction of sp³-hybridized carbons (Fsp3) is 0.286. The van der Waals surface area contributed by atoms with Crippen LogP contribution in [-0.2, 0) is 4.79 Å². The molecule has 2 unspecified atom stereocenters. The van der Waals surface area contributed by atoms with Gasteiger partial charge >= 0.3 is 0 Å². The molecule has 0 bridgehead atoms. The number of amides is 1. The van der Waals surface area contributed by atoms with E-state index in [-0.39, 0.29) is 17.9 Å². The van der Waals surface area contributed by atoms with Gasteiger partial charge in [-0.3, -0.25) is 4.79 Å². The van der Waals surface area contributed by atoms with Crippen LogP contribution in [0.25, 0.3) is 0 Å². The Hall–Kier alpha value is -3.71.